The van der Waals surface area contributed by atoms with Crippen molar-refractivity contribution in [1.29, 1.82) is 0 Å². The van der Waals surface area contributed by atoms with E-state index in [0.29, 0.717) is 25.3 Å². The first kappa shape index (κ1) is 15.3. The van der Waals surface area contributed by atoms with E-state index in [0.717, 1.165) is 11.1 Å². The van der Waals surface area contributed by atoms with Crippen molar-refractivity contribution in [3.8, 4) is 5.75 Å². The standard InChI is InChI=1S/C17H17FN2O3/c1-19-9-13-10-20(4-3-11(13)7-16(19)21)17(22)12-5-14(18)8-15(6-12)23-2/h5-9H,3-4,10H2,1-2H3. The zero-order valence-corrected chi connectivity index (χ0v) is 13.0. The number of hydrogen-bond acceptors (Lipinski definition) is 3. The molecule has 1 aliphatic rings. The molecular weight excluding hydrogens is 299 g/mol. The smallest absolute Gasteiger partial charge is 0.254 e. The maximum absolute atomic E-state index is 13.6. The zero-order valence-electron chi connectivity index (χ0n) is 13.0. The summed E-state index contributed by atoms with van der Waals surface area (Å²) in [5.41, 5.74) is 2.11. The predicted molar refractivity (Wildman–Crippen MR) is 83.1 cm³/mol. The molecule has 0 saturated heterocycles. The van der Waals surface area contributed by atoms with Gasteiger partial charge in [0.25, 0.3) is 11.5 Å². The highest BCUT2D eigenvalue weighted by molar-refractivity contribution is 5.94. The zero-order chi connectivity index (χ0) is 16.6. The molecule has 3 rings (SSSR count). The van der Waals surface area contributed by atoms with Crippen LogP contribution in [0, 0.1) is 5.82 Å². The van der Waals surface area contributed by atoms with E-state index >= 15 is 0 Å². The summed E-state index contributed by atoms with van der Waals surface area (Å²) in [6, 6.07) is 5.59. The first-order valence-electron chi connectivity index (χ1n) is 7.30. The van der Waals surface area contributed by atoms with Gasteiger partial charge >= 0.3 is 0 Å². The average molecular weight is 316 g/mol. The number of ether oxygens (including phenoxy) is 1. The van der Waals surface area contributed by atoms with Crippen LogP contribution in [0.4, 0.5) is 4.39 Å². The molecule has 120 valence electrons. The Bertz CT molecular complexity index is 829. The van der Waals surface area contributed by atoms with E-state index in [2.05, 4.69) is 0 Å². The molecule has 0 N–H and O–H groups in total. The molecule has 23 heavy (non-hydrogen) atoms. The van der Waals surface area contributed by atoms with Crippen LogP contribution in [-0.2, 0) is 20.0 Å². The Labute approximate surface area is 132 Å². The number of methoxy groups -OCH3 is 1. The van der Waals surface area contributed by atoms with Gasteiger partial charge in [-0.05, 0) is 29.7 Å². The summed E-state index contributed by atoms with van der Waals surface area (Å²) in [6.07, 6.45) is 2.37. The van der Waals surface area contributed by atoms with E-state index in [9.17, 15) is 14.0 Å². The molecule has 0 atom stereocenters. The molecule has 0 aliphatic carbocycles. The minimum atomic E-state index is -0.507. The van der Waals surface area contributed by atoms with Crippen LogP contribution in [0.15, 0.2) is 35.3 Å². The van der Waals surface area contributed by atoms with Crippen molar-refractivity contribution < 1.29 is 13.9 Å². The molecule has 0 bridgehead atoms. The Balaban J connectivity index is 1.88. The van der Waals surface area contributed by atoms with Gasteiger partial charge in [0.15, 0.2) is 0 Å². The fourth-order valence-electron chi connectivity index (χ4n) is 2.80. The Morgan fingerprint density at radius 2 is 2.00 bits per heavy atom. The lowest BCUT2D eigenvalue weighted by Gasteiger charge is -2.29. The third kappa shape index (κ3) is 2.97. The lowest BCUT2D eigenvalue weighted by molar-refractivity contribution is 0.0733. The van der Waals surface area contributed by atoms with Crippen molar-refractivity contribution in [1.82, 2.24) is 9.47 Å². The van der Waals surface area contributed by atoms with Gasteiger partial charge in [-0.25, -0.2) is 4.39 Å². The van der Waals surface area contributed by atoms with Crippen LogP contribution in [0.3, 0.4) is 0 Å². The summed E-state index contributed by atoms with van der Waals surface area (Å²) in [5.74, 6) is -0.442. The Morgan fingerprint density at radius 3 is 2.74 bits per heavy atom. The molecule has 0 radical (unpaired) electrons. The molecule has 0 fully saturated rings. The Hall–Kier alpha value is -2.63. The minimum Gasteiger partial charge on any atom is -0.497 e. The molecule has 6 heteroatoms. The van der Waals surface area contributed by atoms with Crippen molar-refractivity contribution in [2.45, 2.75) is 13.0 Å². The minimum absolute atomic E-state index is 0.0570. The van der Waals surface area contributed by atoms with E-state index in [4.69, 9.17) is 4.74 Å². The average Bonchev–Trinajstić information content (AvgIpc) is 2.54. The predicted octanol–water partition coefficient (Wildman–Crippen LogP) is 1.73. The number of carbonyl (C=O) groups excluding carboxylic acids is 1. The van der Waals surface area contributed by atoms with Crippen molar-refractivity contribution in [3.63, 3.8) is 0 Å². The van der Waals surface area contributed by atoms with Crippen LogP contribution >= 0.6 is 0 Å². The van der Waals surface area contributed by atoms with Gasteiger partial charge in [0, 0.05) is 44.0 Å². The molecule has 2 aromatic rings. The van der Waals surface area contributed by atoms with Gasteiger partial charge < -0.3 is 14.2 Å². The first-order chi connectivity index (χ1) is 11.0. The fraction of sp³-hybridized carbons (Fsp3) is 0.294. The lowest BCUT2D eigenvalue weighted by atomic mass is 10.0. The second-order valence-electron chi connectivity index (χ2n) is 5.63. The van der Waals surface area contributed by atoms with Crippen LogP contribution in [0.2, 0.25) is 0 Å². The highest BCUT2D eigenvalue weighted by Gasteiger charge is 2.23. The highest BCUT2D eigenvalue weighted by atomic mass is 19.1. The molecule has 1 aliphatic heterocycles. The van der Waals surface area contributed by atoms with Gasteiger partial charge in [0.05, 0.1) is 7.11 Å². The second kappa shape index (κ2) is 5.87. The number of rotatable bonds is 2. The van der Waals surface area contributed by atoms with Crippen LogP contribution in [0.5, 0.6) is 5.75 Å². The molecule has 0 unspecified atom stereocenters. The Morgan fingerprint density at radius 1 is 1.22 bits per heavy atom. The number of hydrogen-bond donors (Lipinski definition) is 0. The highest BCUT2D eigenvalue weighted by Crippen LogP contribution is 2.22. The molecule has 2 heterocycles. The number of aromatic nitrogens is 1. The number of amides is 1. The molecule has 1 aromatic carbocycles. The van der Waals surface area contributed by atoms with Crippen LogP contribution in [0.25, 0.3) is 0 Å². The topological polar surface area (TPSA) is 51.5 Å². The second-order valence-corrected chi connectivity index (χ2v) is 5.63. The van der Waals surface area contributed by atoms with E-state index < -0.39 is 5.82 Å². The first-order valence-corrected chi connectivity index (χ1v) is 7.30. The van der Waals surface area contributed by atoms with Crippen molar-refractivity contribution >= 4 is 5.91 Å². The number of aryl methyl sites for hydroxylation is 1. The van der Waals surface area contributed by atoms with Crippen LogP contribution in [0.1, 0.15) is 21.5 Å². The van der Waals surface area contributed by atoms with Gasteiger partial charge in [-0.1, -0.05) is 0 Å². The molecule has 5 nitrogen and oxygen atoms in total. The molecule has 0 saturated carbocycles. The number of pyridine rings is 1. The summed E-state index contributed by atoms with van der Waals surface area (Å²) in [6.45, 7) is 0.902. The van der Waals surface area contributed by atoms with Gasteiger partial charge in [0.2, 0.25) is 0 Å². The van der Waals surface area contributed by atoms with Gasteiger partial charge in [-0.3, -0.25) is 9.59 Å². The third-order valence-electron chi connectivity index (χ3n) is 4.06. The molecule has 1 aromatic heterocycles. The third-order valence-corrected chi connectivity index (χ3v) is 4.06. The van der Waals surface area contributed by atoms with Gasteiger partial charge in [-0.15, -0.1) is 0 Å². The van der Waals surface area contributed by atoms with Crippen molar-refractivity contribution in [3.05, 3.63) is 63.3 Å². The maximum atomic E-state index is 13.6. The summed E-state index contributed by atoms with van der Waals surface area (Å²) in [5, 5.41) is 0. The fourth-order valence-corrected chi connectivity index (χ4v) is 2.80. The number of halogens is 1. The lowest BCUT2D eigenvalue weighted by Crippen LogP contribution is -2.37. The summed E-state index contributed by atoms with van der Waals surface area (Å²) >= 11 is 0. The van der Waals surface area contributed by atoms with Gasteiger partial charge in [0.1, 0.15) is 11.6 Å². The Kier molecular flexibility index (Phi) is 3.90. The number of nitrogens with zero attached hydrogens (tertiary/aromatic N) is 2. The van der Waals surface area contributed by atoms with E-state index in [1.165, 1.54) is 29.9 Å². The van der Waals surface area contributed by atoms with Gasteiger partial charge in [-0.2, -0.15) is 0 Å². The molecular formula is C17H17FN2O3. The number of fused-ring (bicyclic) bond motifs is 1. The van der Waals surface area contributed by atoms with E-state index in [1.54, 1.807) is 24.2 Å². The molecule has 1 amide bonds. The SMILES string of the molecule is COc1cc(F)cc(C(=O)N2CCc3cc(=O)n(C)cc3C2)c1. The van der Waals surface area contributed by atoms with Crippen molar-refractivity contribution in [2.24, 2.45) is 7.05 Å². The normalized spacial score (nSPS) is 13.6. The van der Waals surface area contributed by atoms with Crippen molar-refractivity contribution in [2.75, 3.05) is 13.7 Å². The summed E-state index contributed by atoms with van der Waals surface area (Å²) in [4.78, 5) is 25.9. The number of benzene rings is 1. The summed E-state index contributed by atoms with van der Waals surface area (Å²) in [7, 11) is 3.11. The monoisotopic (exact) mass is 316 g/mol. The van der Waals surface area contributed by atoms with Crippen LogP contribution in [-0.4, -0.2) is 29.0 Å². The van der Waals surface area contributed by atoms with E-state index in [1.807, 2.05) is 0 Å². The maximum Gasteiger partial charge on any atom is 0.254 e. The summed E-state index contributed by atoms with van der Waals surface area (Å²) < 4.78 is 20.1. The van der Waals surface area contributed by atoms with E-state index in [-0.39, 0.29) is 17.0 Å². The number of carbonyl (C=O) groups is 1. The van der Waals surface area contributed by atoms with Crippen LogP contribution < -0.4 is 10.3 Å². The molecule has 0 spiro atoms. The quantitative estimate of drug-likeness (QED) is 0.848. The largest absolute Gasteiger partial charge is 0.497 e.